The molecule has 0 bridgehead atoms. The molecular weight excluding hydrogens is 352 g/mol. The van der Waals surface area contributed by atoms with Gasteiger partial charge in [-0.15, -0.1) is 0 Å². The summed E-state index contributed by atoms with van der Waals surface area (Å²) in [5, 5.41) is 4.49. The Morgan fingerprint density at radius 3 is 2.75 bits per heavy atom. The van der Waals surface area contributed by atoms with Gasteiger partial charge in [-0.2, -0.15) is 5.10 Å². The van der Waals surface area contributed by atoms with E-state index in [4.69, 9.17) is 4.74 Å². The first-order valence-corrected chi connectivity index (χ1v) is 9.75. The van der Waals surface area contributed by atoms with Crippen LogP contribution >= 0.6 is 0 Å². The zero-order valence-corrected chi connectivity index (χ0v) is 16.2. The second-order valence-corrected chi connectivity index (χ2v) is 7.92. The fourth-order valence-electron chi connectivity index (χ4n) is 4.70. The van der Waals surface area contributed by atoms with E-state index in [-0.39, 0.29) is 11.3 Å². The molecule has 1 amide bonds. The van der Waals surface area contributed by atoms with E-state index >= 15 is 0 Å². The number of H-pyrrole nitrogens is 1. The Bertz CT molecular complexity index is 1030. The minimum absolute atomic E-state index is 0.0360. The van der Waals surface area contributed by atoms with Gasteiger partial charge in [-0.25, -0.2) is 0 Å². The molecule has 0 saturated carbocycles. The van der Waals surface area contributed by atoms with Crippen molar-refractivity contribution in [3.05, 3.63) is 59.7 Å². The first-order valence-electron chi connectivity index (χ1n) is 9.75. The van der Waals surface area contributed by atoms with Crippen molar-refractivity contribution >= 4 is 11.6 Å². The van der Waals surface area contributed by atoms with Crippen molar-refractivity contribution in [2.45, 2.75) is 25.2 Å². The van der Waals surface area contributed by atoms with Gasteiger partial charge in [-0.1, -0.05) is 6.07 Å². The normalized spacial score (nSPS) is 17.9. The molecule has 0 aliphatic carbocycles. The van der Waals surface area contributed by atoms with Crippen molar-refractivity contribution in [2.24, 2.45) is 7.05 Å². The maximum absolute atomic E-state index is 13.2. The van der Waals surface area contributed by atoms with Gasteiger partial charge in [0.2, 0.25) is 0 Å². The van der Waals surface area contributed by atoms with Gasteiger partial charge in [-0.3, -0.25) is 9.48 Å². The number of ether oxygens (including phenoxy) is 1. The molecule has 4 heterocycles. The van der Waals surface area contributed by atoms with Crippen LogP contribution in [0.5, 0.6) is 0 Å². The number of nitrogens with zero attached hydrogens (tertiary/aromatic N) is 3. The van der Waals surface area contributed by atoms with Crippen molar-refractivity contribution in [3.63, 3.8) is 0 Å². The van der Waals surface area contributed by atoms with Gasteiger partial charge in [0, 0.05) is 62.1 Å². The molecule has 0 radical (unpaired) electrons. The van der Waals surface area contributed by atoms with Gasteiger partial charge in [0.05, 0.1) is 11.3 Å². The molecule has 1 N–H and O–H groups in total. The highest BCUT2D eigenvalue weighted by Gasteiger charge is 2.46. The third-order valence-electron chi connectivity index (χ3n) is 6.18. The average Bonchev–Trinajstić information content (AvgIpc) is 3.41. The highest BCUT2D eigenvalue weighted by atomic mass is 16.5. The van der Waals surface area contributed by atoms with Crippen molar-refractivity contribution in [1.29, 1.82) is 0 Å². The van der Waals surface area contributed by atoms with Crippen LogP contribution in [-0.4, -0.2) is 40.4 Å². The molecule has 0 unspecified atom stereocenters. The quantitative estimate of drug-likeness (QED) is 0.745. The highest BCUT2D eigenvalue weighted by molar-refractivity contribution is 6.07. The first-order chi connectivity index (χ1) is 13.6. The molecule has 5 rings (SSSR count). The SMILES string of the molecule is Cc1nn(C)cc1-c1ccc2c(c1)C1(CCOCC1)CN2C(=O)c1cc[nH]c1. The predicted molar refractivity (Wildman–Crippen MR) is 108 cm³/mol. The van der Waals surface area contributed by atoms with Crippen LogP contribution in [0.4, 0.5) is 5.69 Å². The second-order valence-electron chi connectivity index (χ2n) is 7.92. The van der Waals surface area contributed by atoms with E-state index in [1.165, 1.54) is 5.56 Å². The standard InChI is InChI=1S/C22H24N4O2/c1-15-18(13-25(2)24-15)16-3-4-20-19(11-16)22(6-9-28-10-7-22)14-26(20)21(27)17-5-8-23-12-17/h3-5,8,11-13,23H,6-7,9-10,14H2,1-2H3. The Balaban J connectivity index is 1.62. The maximum atomic E-state index is 13.2. The Labute approximate surface area is 164 Å². The lowest BCUT2D eigenvalue weighted by Gasteiger charge is -2.34. The third-order valence-corrected chi connectivity index (χ3v) is 6.18. The van der Waals surface area contributed by atoms with Gasteiger partial charge in [-0.05, 0) is 49.1 Å². The van der Waals surface area contributed by atoms with E-state index in [0.717, 1.165) is 48.6 Å². The second kappa shape index (κ2) is 6.34. The molecule has 2 aromatic heterocycles. The van der Waals surface area contributed by atoms with E-state index in [1.807, 2.05) is 29.6 Å². The van der Waals surface area contributed by atoms with Crippen molar-refractivity contribution in [3.8, 4) is 11.1 Å². The molecule has 1 saturated heterocycles. The summed E-state index contributed by atoms with van der Waals surface area (Å²) in [6, 6.07) is 8.32. The zero-order chi connectivity index (χ0) is 19.3. The van der Waals surface area contributed by atoms with E-state index in [2.05, 4.69) is 34.5 Å². The van der Waals surface area contributed by atoms with Crippen LogP contribution < -0.4 is 4.90 Å². The third kappa shape index (κ3) is 2.59. The van der Waals surface area contributed by atoms with Gasteiger partial charge in [0.1, 0.15) is 0 Å². The van der Waals surface area contributed by atoms with Crippen molar-refractivity contribution in [1.82, 2.24) is 14.8 Å². The number of aromatic nitrogens is 3. The summed E-state index contributed by atoms with van der Waals surface area (Å²) in [4.78, 5) is 18.1. The Hall–Kier alpha value is -2.86. The monoisotopic (exact) mass is 376 g/mol. The fraction of sp³-hybridized carbons (Fsp3) is 0.364. The molecule has 1 fully saturated rings. The number of anilines is 1. The summed E-state index contributed by atoms with van der Waals surface area (Å²) < 4.78 is 7.51. The molecule has 6 heteroatoms. The molecule has 6 nitrogen and oxygen atoms in total. The van der Waals surface area contributed by atoms with Crippen LogP contribution in [0.3, 0.4) is 0 Å². The number of carbonyl (C=O) groups excluding carboxylic acids is 1. The highest BCUT2D eigenvalue weighted by Crippen LogP contribution is 2.48. The van der Waals surface area contributed by atoms with Crippen molar-refractivity contribution < 1.29 is 9.53 Å². The summed E-state index contributed by atoms with van der Waals surface area (Å²) in [5.41, 5.74) is 6.27. The van der Waals surface area contributed by atoms with Crippen LogP contribution in [0.25, 0.3) is 11.1 Å². The molecule has 1 spiro atoms. The topological polar surface area (TPSA) is 63.1 Å². The number of rotatable bonds is 2. The first kappa shape index (κ1) is 17.3. The Kier molecular flexibility index (Phi) is 3.91. The summed E-state index contributed by atoms with van der Waals surface area (Å²) >= 11 is 0. The number of aryl methyl sites for hydroxylation is 2. The van der Waals surface area contributed by atoms with Crippen LogP contribution in [0, 0.1) is 6.92 Å². The smallest absolute Gasteiger partial charge is 0.259 e. The van der Waals surface area contributed by atoms with Crippen LogP contribution in [0.2, 0.25) is 0 Å². The Morgan fingerprint density at radius 2 is 2.07 bits per heavy atom. The van der Waals surface area contributed by atoms with Crippen LogP contribution in [0.15, 0.2) is 42.9 Å². The number of benzene rings is 1. The van der Waals surface area contributed by atoms with E-state index in [0.29, 0.717) is 12.1 Å². The number of amides is 1. The molecule has 3 aromatic rings. The van der Waals surface area contributed by atoms with E-state index in [9.17, 15) is 4.79 Å². The predicted octanol–water partition coefficient (Wildman–Crippen LogP) is 3.43. The van der Waals surface area contributed by atoms with Gasteiger partial charge in [0.25, 0.3) is 5.91 Å². The average molecular weight is 376 g/mol. The van der Waals surface area contributed by atoms with Crippen molar-refractivity contribution in [2.75, 3.05) is 24.7 Å². The summed E-state index contributed by atoms with van der Waals surface area (Å²) in [6.45, 7) is 4.23. The minimum Gasteiger partial charge on any atom is -0.381 e. The van der Waals surface area contributed by atoms with Gasteiger partial charge in [0.15, 0.2) is 0 Å². The van der Waals surface area contributed by atoms with Gasteiger partial charge >= 0.3 is 0 Å². The largest absolute Gasteiger partial charge is 0.381 e. The molecule has 2 aliphatic rings. The van der Waals surface area contributed by atoms with E-state index < -0.39 is 0 Å². The zero-order valence-electron chi connectivity index (χ0n) is 16.2. The Morgan fingerprint density at radius 1 is 1.25 bits per heavy atom. The molecule has 28 heavy (non-hydrogen) atoms. The number of nitrogens with one attached hydrogen (secondary N) is 1. The molecular formula is C22H24N4O2. The number of aromatic amines is 1. The number of hydrogen-bond acceptors (Lipinski definition) is 3. The molecule has 144 valence electrons. The lowest BCUT2D eigenvalue weighted by atomic mass is 9.75. The van der Waals surface area contributed by atoms with Crippen LogP contribution in [0.1, 0.15) is 34.5 Å². The lowest BCUT2D eigenvalue weighted by molar-refractivity contribution is 0.0547. The number of carbonyl (C=O) groups is 1. The summed E-state index contributed by atoms with van der Waals surface area (Å²) in [5.74, 6) is 0.0520. The summed E-state index contributed by atoms with van der Waals surface area (Å²) in [6.07, 6.45) is 7.50. The number of fused-ring (bicyclic) bond motifs is 2. The molecule has 1 aromatic carbocycles. The molecule has 0 atom stereocenters. The number of hydrogen-bond donors (Lipinski definition) is 1. The summed E-state index contributed by atoms with van der Waals surface area (Å²) in [7, 11) is 1.95. The van der Waals surface area contributed by atoms with E-state index in [1.54, 1.807) is 12.4 Å². The maximum Gasteiger partial charge on any atom is 0.259 e. The minimum atomic E-state index is -0.0360. The van der Waals surface area contributed by atoms with Gasteiger partial charge < -0.3 is 14.6 Å². The lowest BCUT2D eigenvalue weighted by Crippen LogP contribution is -2.40. The molecule has 2 aliphatic heterocycles. The fourth-order valence-corrected chi connectivity index (χ4v) is 4.70. The van der Waals surface area contributed by atoms with Crippen LogP contribution in [-0.2, 0) is 17.2 Å².